The third-order valence-corrected chi connectivity index (χ3v) is 5.47. The number of thioether (sulfide) groups is 1. The summed E-state index contributed by atoms with van der Waals surface area (Å²) >= 11 is 1.37. The van der Waals surface area contributed by atoms with Gasteiger partial charge in [-0.3, -0.25) is 14.3 Å². The molecule has 0 radical (unpaired) electrons. The van der Waals surface area contributed by atoms with Gasteiger partial charge in [0.1, 0.15) is 5.75 Å². The predicted molar refractivity (Wildman–Crippen MR) is 116 cm³/mol. The molecule has 8 heteroatoms. The van der Waals surface area contributed by atoms with Gasteiger partial charge in [-0.05, 0) is 55.5 Å². The third kappa shape index (κ3) is 4.13. The van der Waals surface area contributed by atoms with E-state index in [9.17, 15) is 4.79 Å². The molecule has 0 spiro atoms. The van der Waals surface area contributed by atoms with Gasteiger partial charge in [0.05, 0.1) is 18.1 Å². The van der Waals surface area contributed by atoms with Crippen LogP contribution < -0.4 is 4.74 Å². The molecule has 0 bridgehead atoms. The number of aryl methyl sites for hydroxylation is 1. The van der Waals surface area contributed by atoms with Crippen LogP contribution in [0.25, 0.3) is 17.1 Å². The molecule has 0 aliphatic carbocycles. The number of benzene rings is 1. The molecule has 0 amide bonds. The Bertz CT molecular complexity index is 1140. The summed E-state index contributed by atoms with van der Waals surface area (Å²) in [6.45, 7) is 2.56. The summed E-state index contributed by atoms with van der Waals surface area (Å²) in [7, 11) is 1.86. The summed E-state index contributed by atoms with van der Waals surface area (Å²) in [5.74, 6) is 1.80. The molecule has 0 atom stereocenters. The number of carbonyl (C=O) groups is 1. The molecule has 0 aliphatic heterocycles. The van der Waals surface area contributed by atoms with Gasteiger partial charge in [0.25, 0.3) is 0 Å². The topological polar surface area (TPSA) is 74.8 Å². The summed E-state index contributed by atoms with van der Waals surface area (Å²) in [5.41, 5.74) is 2.46. The standard InChI is InChI=1S/C22H21N5O2S/c1-3-29-18-8-6-17(7-9-18)27-21(16-10-12-23-13-11-16)24-25-22(27)30-15-20(28)19-5-4-14-26(19)2/h4-14H,3,15H2,1-2H3. The lowest BCUT2D eigenvalue weighted by molar-refractivity contribution is 0.101. The first-order valence-corrected chi connectivity index (χ1v) is 10.5. The molecule has 3 aromatic heterocycles. The maximum atomic E-state index is 12.6. The maximum absolute atomic E-state index is 12.6. The number of pyridine rings is 1. The average Bonchev–Trinajstić information content (AvgIpc) is 3.40. The monoisotopic (exact) mass is 419 g/mol. The fourth-order valence-electron chi connectivity index (χ4n) is 3.10. The quantitative estimate of drug-likeness (QED) is 0.317. The Hall–Kier alpha value is -3.39. The fraction of sp³-hybridized carbons (Fsp3) is 0.182. The SMILES string of the molecule is CCOc1ccc(-n2c(SCC(=O)c3cccn3C)nnc2-c2ccncc2)cc1. The van der Waals surface area contributed by atoms with Crippen molar-refractivity contribution in [3.63, 3.8) is 0 Å². The minimum absolute atomic E-state index is 0.0409. The zero-order valence-electron chi connectivity index (χ0n) is 16.7. The van der Waals surface area contributed by atoms with E-state index in [0.717, 1.165) is 17.0 Å². The number of nitrogens with zero attached hydrogens (tertiary/aromatic N) is 5. The first-order valence-electron chi connectivity index (χ1n) is 9.53. The van der Waals surface area contributed by atoms with Gasteiger partial charge in [0, 0.05) is 36.9 Å². The van der Waals surface area contributed by atoms with Crippen molar-refractivity contribution in [2.75, 3.05) is 12.4 Å². The van der Waals surface area contributed by atoms with E-state index in [4.69, 9.17) is 4.74 Å². The highest BCUT2D eigenvalue weighted by Crippen LogP contribution is 2.29. The molecule has 4 rings (SSSR count). The van der Waals surface area contributed by atoms with Crippen LogP contribution in [-0.4, -0.2) is 42.5 Å². The molecule has 7 nitrogen and oxygen atoms in total. The van der Waals surface area contributed by atoms with Crippen LogP contribution in [0, 0.1) is 0 Å². The molecule has 0 aliphatic rings. The normalized spacial score (nSPS) is 10.9. The molecule has 4 aromatic rings. The van der Waals surface area contributed by atoms with Crippen molar-refractivity contribution < 1.29 is 9.53 Å². The van der Waals surface area contributed by atoms with Gasteiger partial charge in [-0.1, -0.05) is 11.8 Å². The molecule has 0 saturated carbocycles. The summed E-state index contributed by atoms with van der Waals surface area (Å²) in [5, 5.41) is 9.41. The first kappa shape index (κ1) is 19.9. The van der Waals surface area contributed by atoms with Gasteiger partial charge < -0.3 is 9.30 Å². The molecule has 1 aromatic carbocycles. The highest BCUT2D eigenvalue weighted by Gasteiger charge is 2.18. The number of aromatic nitrogens is 5. The number of hydrogen-bond acceptors (Lipinski definition) is 6. The van der Waals surface area contributed by atoms with Crippen molar-refractivity contribution in [2.24, 2.45) is 7.05 Å². The fourth-order valence-corrected chi connectivity index (χ4v) is 3.92. The Morgan fingerprint density at radius 2 is 1.83 bits per heavy atom. The van der Waals surface area contributed by atoms with Crippen LogP contribution in [0.15, 0.2) is 72.3 Å². The highest BCUT2D eigenvalue weighted by molar-refractivity contribution is 7.99. The summed E-state index contributed by atoms with van der Waals surface area (Å²) in [4.78, 5) is 16.7. The van der Waals surface area contributed by atoms with E-state index in [1.165, 1.54) is 11.8 Å². The van der Waals surface area contributed by atoms with Gasteiger partial charge in [-0.15, -0.1) is 10.2 Å². The summed E-state index contributed by atoms with van der Waals surface area (Å²) in [6, 6.07) is 15.2. The second-order valence-electron chi connectivity index (χ2n) is 6.52. The van der Waals surface area contributed by atoms with Crippen molar-refractivity contribution in [3.8, 4) is 22.8 Å². The minimum Gasteiger partial charge on any atom is -0.494 e. The predicted octanol–water partition coefficient (Wildman–Crippen LogP) is 4.04. The first-order chi connectivity index (χ1) is 14.7. The maximum Gasteiger partial charge on any atom is 0.196 e. The van der Waals surface area contributed by atoms with E-state index in [0.29, 0.717) is 23.3 Å². The van der Waals surface area contributed by atoms with Crippen molar-refractivity contribution in [2.45, 2.75) is 12.1 Å². The molecule has 0 N–H and O–H groups in total. The van der Waals surface area contributed by atoms with Crippen LogP contribution in [-0.2, 0) is 7.05 Å². The van der Waals surface area contributed by atoms with Gasteiger partial charge >= 0.3 is 0 Å². The molecule has 3 heterocycles. The smallest absolute Gasteiger partial charge is 0.196 e. The Kier molecular flexibility index (Phi) is 5.94. The van der Waals surface area contributed by atoms with Crippen molar-refractivity contribution in [1.29, 1.82) is 0 Å². The van der Waals surface area contributed by atoms with Crippen molar-refractivity contribution in [1.82, 2.24) is 24.3 Å². The molecule has 152 valence electrons. The van der Waals surface area contributed by atoms with Crippen molar-refractivity contribution >= 4 is 17.5 Å². The van der Waals surface area contributed by atoms with Gasteiger partial charge in [0.2, 0.25) is 0 Å². The van der Waals surface area contributed by atoms with Crippen LogP contribution in [0.2, 0.25) is 0 Å². The Balaban J connectivity index is 1.67. The second-order valence-corrected chi connectivity index (χ2v) is 7.46. The van der Waals surface area contributed by atoms with E-state index in [2.05, 4.69) is 15.2 Å². The zero-order chi connectivity index (χ0) is 20.9. The van der Waals surface area contributed by atoms with Gasteiger partial charge in [0.15, 0.2) is 16.8 Å². The summed E-state index contributed by atoms with van der Waals surface area (Å²) in [6.07, 6.45) is 5.30. The van der Waals surface area contributed by atoms with E-state index in [1.807, 2.05) is 77.8 Å². The number of ketones is 1. The van der Waals surface area contributed by atoms with Crippen molar-refractivity contribution in [3.05, 3.63) is 72.8 Å². The van der Waals surface area contributed by atoms with E-state index in [1.54, 1.807) is 12.4 Å². The van der Waals surface area contributed by atoms with E-state index >= 15 is 0 Å². The van der Waals surface area contributed by atoms with Crippen LogP contribution >= 0.6 is 11.8 Å². The average molecular weight is 420 g/mol. The van der Waals surface area contributed by atoms with Crippen LogP contribution in [0.5, 0.6) is 5.75 Å². The lowest BCUT2D eigenvalue weighted by atomic mass is 10.2. The third-order valence-electron chi connectivity index (χ3n) is 4.54. The number of carbonyl (C=O) groups excluding carboxylic acids is 1. The van der Waals surface area contributed by atoms with Gasteiger partial charge in [-0.2, -0.15) is 0 Å². The Morgan fingerprint density at radius 3 is 2.50 bits per heavy atom. The zero-order valence-corrected chi connectivity index (χ0v) is 17.5. The highest BCUT2D eigenvalue weighted by atomic mass is 32.2. The molecular weight excluding hydrogens is 398 g/mol. The lowest BCUT2D eigenvalue weighted by Gasteiger charge is -2.11. The molecule has 0 saturated heterocycles. The second kappa shape index (κ2) is 8.96. The Labute approximate surface area is 178 Å². The number of ether oxygens (including phenoxy) is 1. The summed E-state index contributed by atoms with van der Waals surface area (Å²) < 4.78 is 9.33. The number of Topliss-reactive ketones (excluding diaryl/α,β-unsaturated/α-hetero) is 1. The number of rotatable bonds is 8. The van der Waals surface area contributed by atoms with Crippen LogP contribution in [0.1, 0.15) is 17.4 Å². The van der Waals surface area contributed by atoms with Gasteiger partial charge in [-0.25, -0.2) is 0 Å². The largest absolute Gasteiger partial charge is 0.494 e. The van der Waals surface area contributed by atoms with Crippen LogP contribution in [0.3, 0.4) is 0 Å². The molecule has 30 heavy (non-hydrogen) atoms. The Morgan fingerprint density at radius 1 is 1.07 bits per heavy atom. The molecular formula is C22H21N5O2S. The van der Waals surface area contributed by atoms with E-state index in [-0.39, 0.29) is 11.5 Å². The lowest BCUT2D eigenvalue weighted by Crippen LogP contribution is -2.09. The minimum atomic E-state index is 0.0409. The number of hydrogen-bond donors (Lipinski definition) is 0. The molecule has 0 unspecified atom stereocenters. The molecule has 0 fully saturated rings. The van der Waals surface area contributed by atoms with E-state index < -0.39 is 0 Å². The van der Waals surface area contributed by atoms with Crippen LogP contribution in [0.4, 0.5) is 0 Å².